The Morgan fingerprint density at radius 1 is 1.15 bits per heavy atom. The first-order valence-corrected chi connectivity index (χ1v) is 11.6. The number of thiazole rings is 1. The van der Waals surface area contributed by atoms with Crippen molar-refractivity contribution >= 4 is 29.1 Å². The number of nitrogens with zero attached hydrogens (tertiary/aromatic N) is 1. The van der Waals surface area contributed by atoms with Crippen LogP contribution in [-0.2, 0) is 16.7 Å². The molecular weight excluding hydrogens is 478 g/mol. The van der Waals surface area contributed by atoms with Gasteiger partial charge in [-0.15, -0.1) is 23.1 Å². The molecule has 33 heavy (non-hydrogen) atoms. The third kappa shape index (κ3) is 5.86. The van der Waals surface area contributed by atoms with Crippen LogP contribution in [-0.4, -0.2) is 21.7 Å². The van der Waals surface area contributed by atoms with E-state index in [4.69, 9.17) is 4.74 Å². The summed E-state index contributed by atoms with van der Waals surface area (Å²) in [6.45, 7) is 6.56. The van der Waals surface area contributed by atoms with Crippen molar-refractivity contribution < 1.29 is 32.2 Å². The summed E-state index contributed by atoms with van der Waals surface area (Å²) < 4.78 is 58.0. The Kier molecular flexibility index (Phi) is 7.09. The Balaban J connectivity index is 1.77. The molecule has 3 rings (SSSR count). The lowest BCUT2D eigenvalue weighted by Crippen LogP contribution is -2.38. The number of thioether (sulfide) groups is 1. The van der Waals surface area contributed by atoms with Gasteiger partial charge >= 0.3 is 12.1 Å². The summed E-state index contributed by atoms with van der Waals surface area (Å²) in [6.07, 6.45) is -4.75. The van der Waals surface area contributed by atoms with Gasteiger partial charge in [-0.1, -0.05) is 12.1 Å². The molecule has 0 saturated carbocycles. The van der Waals surface area contributed by atoms with E-state index in [9.17, 15) is 27.5 Å². The highest BCUT2D eigenvalue weighted by atomic mass is 32.2. The maximum Gasteiger partial charge on any atom is 0.419 e. The highest BCUT2D eigenvalue weighted by Gasteiger charge is 2.34. The van der Waals surface area contributed by atoms with Crippen molar-refractivity contribution in [1.82, 2.24) is 4.98 Å². The van der Waals surface area contributed by atoms with Crippen molar-refractivity contribution in [3.05, 3.63) is 63.9 Å². The number of rotatable bonds is 7. The summed E-state index contributed by atoms with van der Waals surface area (Å²) in [4.78, 5) is 17.5. The smallest absolute Gasteiger partial charge is 0.419 e. The van der Waals surface area contributed by atoms with E-state index in [2.05, 4.69) is 4.98 Å². The first kappa shape index (κ1) is 25.0. The molecule has 0 saturated heterocycles. The van der Waals surface area contributed by atoms with Gasteiger partial charge in [0.05, 0.1) is 11.3 Å². The fourth-order valence-electron chi connectivity index (χ4n) is 2.81. The van der Waals surface area contributed by atoms with Gasteiger partial charge in [0.25, 0.3) is 0 Å². The van der Waals surface area contributed by atoms with Crippen LogP contribution in [0.25, 0.3) is 10.6 Å². The number of aliphatic carboxylic acids is 1. The van der Waals surface area contributed by atoms with Crippen molar-refractivity contribution in [2.24, 2.45) is 0 Å². The highest BCUT2D eigenvalue weighted by molar-refractivity contribution is 7.98. The van der Waals surface area contributed by atoms with Crippen LogP contribution in [0, 0.1) is 19.7 Å². The minimum absolute atomic E-state index is 0.284. The molecule has 2 aromatic carbocycles. The molecule has 0 bridgehead atoms. The zero-order valence-electron chi connectivity index (χ0n) is 18.2. The van der Waals surface area contributed by atoms with E-state index in [0.29, 0.717) is 22.2 Å². The lowest BCUT2D eigenvalue weighted by molar-refractivity contribution is -0.152. The van der Waals surface area contributed by atoms with E-state index < -0.39 is 29.1 Å². The van der Waals surface area contributed by atoms with E-state index in [1.807, 2.05) is 19.1 Å². The Hall–Kier alpha value is -2.59. The zero-order valence-corrected chi connectivity index (χ0v) is 19.8. The van der Waals surface area contributed by atoms with E-state index in [1.165, 1.54) is 43.0 Å². The molecule has 0 aliphatic heterocycles. The lowest BCUT2D eigenvalue weighted by atomic mass is 10.1. The topological polar surface area (TPSA) is 59.4 Å². The number of benzene rings is 2. The second-order valence-corrected chi connectivity index (χ2v) is 9.99. The number of aromatic nitrogens is 1. The molecular formula is C23H21F4NO3S2. The first-order chi connectivity index (χ1) is 15.3. The summed E-state index contributed by atoms with van der Waals surface area (Å²) in [5, 5.41) is 9.74. The van der Waals surface area contributed by atoms with Gasteiger partial charge in [-0.25, -0.2) is 14.2 Å². The molecule has 0 unspecified atom stereocenters. The van der Waals surface area contributed by atoms with E-state index in [-0.39, 0.29) is 5.56 Å². The molecule has 0 atom stereocenters. The van der Waals surface area contributed by atoms with Crippen molar-refractivity contribution in [1.29, 1.82) is 0 Å². The van der Waals surface area contributed by atoms with Crippen LogP contribution < -0.4 is 4.74 Å². The molecule has 1 heterocycles. The molecule has 0 spiro atoms. The standard InChI is InChI=1S/C23H21F4NO3S2/c1-12-5-7-15(10-18(12)31-22(3,4)21(29)30)32-11-19-13(2)28-20(33-19)14-6-8-16(17(24)9-14)23(25,26)27/h5-10H,11H2,1-4H3,(H,29,30). The average Bonchev–Trinajstić information content (AvgIpc) is 3.08. The van der Waals surface area contributed by atoms with Crippen LogP contribution in [0.4, 0.5) is 17.6 Å². The van der Waals surface area contributed by atoms with Gasteiger partial charge in [-0.3, -0.25) is 0 Å². The van der Waals surface area contributed by atoms with Crippen molar-refractivity contribution in [3.8, 4) is 16.3 Å². The van der Waals surface area contributed by atoms with Crippen LogP contribution in [0.2, 0.25) is 0 Å². The molecule has 0 fully saturated rings. The predicted octanol–water partition coefficient (Wildman–Crippen LogP) is 7.12. The number of hydrogen-bond acceptors (Lipinski definition) is 5. The number of halogens is 4. The number of aryl methyl sites for hydroxylation is 2. The molecule has 1 aromatic heterocycles. The van der Waals surface area contributed by atoms with Gasteiger partial charge in [-0.05, 0) is 57.5 Å². The minimum atomic E-state index is -4.75. The van der Waals surface area contributed by atoms with Gasteiger partial charge in [0.15, 0.2) is 5.60 Å². The maximum atomic E-state index is 14.0. The highest BCUT2D eigenvalue weighted by Crippen LogP contribution is 2.37. The monoisotopic (exact) mass is 499 g/mol. The van der Waals surface area contributed by atoms with E-state index >= 15 is 0 Å². The molecule has 4 nitrogen and oxygen atoms in total. The molecule has 0 radical (unpaired) electrons. The summed E-state index contributed by atoms with van der Waals surface area (Å²) in [5.41, 5.74) is -0.896. The Labute approximate surface area is 196 Å². The Morgan fingerprint density at radius 2 is 1.85 bits per heavy atom. The zero-order chi connectivity index (χ0) is 24.6. The van der Waals surface area contributed by atoms with Gasteiger partial charge < -0.3 is 9.84 Å². The number of alkyl halides is 3. The number of ether oxygens (including phenoxy) is 1. The number of carbonyl (C=O) groups is 1. The van der Waals surface area contributed by atoms with Crippen LogP contribution in [0.5, 0.6) is 5.75 Å². The fraction of sp³-hybridized carbons (Fsp3) is 0.304. The molecule has 0 amide bonds. The van der Waals surface area contributed by atoms with E-state index in [0.717, 1.165) is 27.5 Å². The molecule has 3 aromatic rings. The first-order valence-electron chi connectivity index (χ1n) is 9.77. The summed E-state index contributed by atoms with van der Waals surface area (Å²) in [5.74, 6) is -1.42. The normalized spacial score (nSPS) is 12.1. The van der Waals surface area contributed by atoms with E-state index in [1.54, 1.807) is 13.0 Å². The number of carboxylic acids is 1. The third-order valence-electron chi connectivity index (χ3n) is 4.82. The summed E-state index contributed by atoms with van der Waals surface area (Å²) in [7, 11) is 0. The summed E-state index contributed by atoms with van der Waals surface area (Å²) >= 11 is 2.77. The van der Waals surface area contributed by atoms with Gasteiger partial charge in [0.2, 0.25) is 0 Å². The van der Waals surface area contributed by atoms with Crippen molar-refractivity contribution in [2.45, 2.75) is 50.1 Å². The molecule has 10 heteroatoms. The van der Waals surface area contributed by atoms with Crippen LogP contribution in [0.1, 0.15) is 35.5 Å². The fourth-order valence-corrected chi connectivity index (χ4v) is 4.94. The Bertz CT molecular complexity index is 1190. The number of hydrogen-bond donors (Lipinski definition) is 1. The molecule has 0 aliphatic rings. The minimum Gasteiger partial charge on any atom is -0.478 e. The average molecular weight is 500 g/mol. The molecule has 0 aliphatic carbocycles. The quantitative estimate of drug-likeness (QED) is 0.277. The Morgan fingerprint density at radius 3 is 2.45 bits per heavy atom. The van der Waals surface area contributed by atoms with Crippen LogP contribution >= 0.6 is 23.1 Å². The van der Waals surface area contributed by atoms with Crippen LogP contribution in [0.15, 0.2) is 41.3 Å². The van der Waals surface area contributed by atoms with Gasteiger partial charge in [0.1, 0.15) is 16.6 Å². The predicted molar refractivity (Wildman–Crippen MR) is 120 cm³/mol. The van der Waals surface area contributed by atoms with Crippen molar-refractivity contribution in [3.63, 3.8) is 0 Å². The lowest BCUT2D eigenvalue weighted by Gasteiger charge is -2.23. The largest absolute Gasteiger partial charge is 0.478 e. The van der Waals surface area contributed by atoms with Gasteiger partial charge in [0, 0.05) is 21.1 Å². The summed E-state index contributed by atoms with van der Waals surface area (Å²) in [6, 6.07) is 8.30. The maximum absolute atomic E-state index is 14.0. The van der Waals surface area contributed by atoms with Gasteiger partial charge in [-0.2, -0.15) is 13.2 Å². The molecule has 176 valence electrons. The number of carboxylic acid groups (broad SMARTS) is 1. The van der Waals surface area contributed by atoms with Crippen molar-refractivity contribution in [2.75, 3.05) is 0 Å². The van der Waals surface area contributed by atoms with Crippen LogP contribution in [0.3, 0.4) is 0 Å². The SMILES string of the molecule is Cc1ccc(SCc2sc(-c3ccc(C(F)(F)F)c(F)c3)nc2C)cc1OC(C)(C)C(=O)O. The second-order valence-electron chi connectivity index (χ2n) is 7.85. The third-order valence-corrected chi connectivity index (χ3v) is 7.23. The second kappa shape index (κ2) is 9.34. The molecule has 1 N–H and O–H groups in total.